The fraction of sp³-hybridized carbons (Fsp3) is 0.231. The van der Waals surface area contributed by atoms with Gasteiger partial charge >= 0.3 is 0 Å². The van der Waals surface area contributed by atoms with Crippen molar-refractivity contribution in [3.8, 4) is 5.75 Å². The first-order valence-electron chi connectivity index (χ1n) is 5.62. The molecule has 1 heterocycles. The number of ether oxygens (including phenoxy) is 1. The van der Waals surface area contributed by atoms with E-state index in [1.165, 1.54) is 0 Å². The summed E-state index contributed by atoms with van der Waals surface area (Å²) >= 11 is 12.0. The van der Waals surface area contributed by atoms with Crippen molar-refractivity contribution in [3.63, 3.8) is 0 Å². The van der Waals surface area contributed by atoms with Crippen LogP contribution < -0.4 is 10.1 Å². The lowest BCUT2D eigenvalue weighted by molar-refractivity contribution is 0.415. The second kappa shape index (κ2) is 5.63. The first-order chi connectivity index (χ1) is 9.01. The summed E-state index contributed by atoms with van der Waals surface area (Å²) in [6.45, 7) is 3.65. The monoisotopic (exact) mass is 297 g/mol. The summed E-state index contributed by atoms with van der Waals surface area (Å²) < 4.78 is 5.17. The molecule has 19 heavy (non-hydrogen) atoms. The van der Waals surface area contributed by atoms with Crippen molar-refractivity contribution in [1.29, 1.82) is 0 Å². The smallest absolute Gasteiger partial charge is 0.139 e. The second-order valence-corrected chi connectivity index (χ2v) is 4.77. The number of hydrogen-bond acceptors (Lipinski definition) is 4. The molecular weight excluding hydrogens is 285 g/mol. The zero-order valence-corrected chi connectivity index (χ0v) is 12.3. The maximum Gasteiger partial charge on any atom is 0.139 e. The molecule has 1 aromatic heterocycles. The van der Waals surface area contributed by atoms with Crippen LogP contribution in [-0.4, -0.2) is 17.1 Å². The highest BCUT2D eigenvalue weighted by Crippen LogP contribution is 2.30. The number of nitrogens with zero attached hydrogens (tertiary/aromatic N) is 2. The fourth-order valence-electron chi connectivity index (χ4n) is 1.59. The first-order valence-corrected chi connectivity index (χ1v) is 6.38. The molecule has 0 spiro atoms. The molecule has 0 atom stereocenters. The molecule has 0 aliphatic heterocycles. The third-order valence-corrected chi connectivity index (χ3v) is 3.29. The van der Waals surface area contributed by atoms with Crippen molar-refractivity contribution in [3.05, 3.63) is 39.8 Å². The number of rotatable bonds is 3. The van der Waals surface area contributed by atoms with Gasteiger partial charge in [0.1, 0.15) is 22.5 Å². The third kappa shape index (κ3) is 3.08. The highest BCUT2D eigenvalue weighted by atomic mass is 35.5. The van der Waals surface area contributed by atoms with E-state index >= 15 is 0 Å². The number of benzene rings is 1. The summed E-state index contributed by atoms with van der Waals surface area (Å²) in [6.07, 6.45) is 0. The van der Waals surface area contributed by atoms with Crippen molar-refractivity contribution in [1.82, 2.24) is 9.97 Å². The average Bonchev–Trinajstić information content (AvgIpc) is 2.37. The number of hydrogen-bond donors (Lipinski definition) is 1. The molecule has 2 aromatic rings. The molecule has 100 valence electrons. The predicted octanol–water partition coefficient (Wildman–Crippen LogP) is 4.15. The van der Waals surface area contributed by atoms with Crippen LogP contribution in [0, 0.1) is 13.8 Å². The number of methoxy groups -OCH3 is 1. The lowest BCUT2D eigenvalue weighted by atomic mass is 10.2. The van der Waals surface area contributed by atoms with Crippen molar-refractivity contribution in [2.24, 2.45) is 0 Å². The molecule has 0 radical (unpaired) electrons. The van der Waals surface area contributed by atoms with Crippen molar-refractivity contribution in [2.75, 3.05) is 12.4 Å². The Balaban J connectivity index is 2.36. The lowest BCUT2D eigenvalue weighted by Gasteiger charge is -2.11. The maximum atomic E-state index is 6.03. The van der Waals surface area contributed by atoms with Gasteiger partial charge in [0.15, 0.2) is 0 Å². The van der Waals surface area contributed by atoms with Crippen molar-refractivity contribution in [2.45, 2.75) is 13.8 Å². The molecule has 2 rings (SSSR count). The summed E-state index contributed by atoms with van der Waals surface area (Å²) in [7, 11) is 1.57. The fourth-order valence-corrected chi connectivity index (χ4v) is 2.00. The summed E-state index contributed by atoms with van der Waals surface area (Å²) in [5.41, 5.74) is 1.61. The largest absolute Gasteiger partial charge is 0.495 e. The standard InChI is InChI=1S/C13H13Cl2N3O/c1-7-12(15)16-8(2)17-13(7)18-9-4-5-10(14)11(6-9)19-3/h4-6H,1-3H3,(H,16,17,18). The first kappa shape index (κ1) is 13.9. The van der Waals surface area contributed by atoms with E-state index in [-0.39, 0.29) is 0 Å². The highest BCUT2D eigenvalue weighted by Gasteiger charge is 2.09. The molecule has 4 nitrogen and oxygen atoms in total. The van der Waals surface area contributed by atoms with Gasteiger partial charge in [0.05, 0.1) is 12.1 Å². The van der Waals surface area contributed by atoms with Gasteiger partial charge in [-0.05, 0) is 26.0 Å². The van der Waals surface area contributed by atoms with E-state index in [0.717, 1.165) is 11.3 Å². The van der Waals surface area contributed by atoms with Gasteiger partial charge in [0, 0.05) is 17.3 Å². The molecule has 0 aliphatic rings. The van der Waals surface area contributed by atoms with Crippen LogP contribution in [0.1, 0.15) is 11.4 Å². The minimum Gasteiger partial charge on any atom is -0.495 e. The molecule has 0 fully saturated rings. The van der Waals surface area contributed by atoms with Gasteiger partial charge in [-0.3, -0.25) is 0 Å². The Labute approximate surface area is 121 Å². The van der Waals surface area contributed by atoms with Crippen LogP contribution in [0.3, 0.4) is 0 Å². The van der Waals surface area contributed by atoms with Crippen molar-refractivity contribution >= 4 is 34.7 Å². The van der Waals surface area contributed by atoms with Gasteiger partial charge in [0.25, 0.3) is 0 Å². The maximum absolute atomic E-state index is 6.03. The number of nitrogens with one attached hydrogen (secondary N) is 1. The topological polar surface area (TPSA) is 47.0 Å². The van der Waals surface area contributed by atoms with Crippen LogP contribution in [0.4, 0.5) is 11.5 Å². The number of aryl methyl sites for hydroxylation is 1. The van der Waals surface area contributed by atoms with Gasteiger partial charge in [0.2, 0.25) is 0 Å². The molecular formula is C13H13Cl2N3O. The quantitative estimate of drug-likeness (QED) is 0.865. The van der Waals surface area contributed by atoms with E-state index in [1.54, 1.807) is 26.2 Å². The Bertz CT molecular complexity index is 617. The Morgan fingerprint density at radius 3 is 2.58 bits per heavy atom. The van der Waals surface area contributed by atoms with Gasteiger partial charge in [-0.15, -0.1) is 0 Å². The minimum atomic E-state index is 0.441. The molecule has 1 aromatic carbocycles. The molecule has 0 saturated heterocycles. The third-order valence-electron chi connectivity index (χ3n) is 2.61. The lowest BCUT2D eigenvalue weighted by Crippen LogP contribution is -2.01. The summed E-state index contributed by atoms with van der Waals surface area (Å²) in [4.78, 5) is 8.42. The van der Waals surface area contributed by atoms with Crippen LogP contribution in [0.15, 0.2) is 18.2 Å². The SMILES string of the molecule is COc1cc(Nc2nc(C)nc(Cl)c2C)ccc1Cl. The molecule has 6 heteroatoms. The van der Waals surface area contributed by atoms with Gasteiger partial charge in [-0.25, -0.2) is 9.97 Å². The molecule has 1 N–H and O–H groups in total. The van der Waals surface area contributed by atoms with Crippen molar-refractivity contribution < 1.29 is 4.74 Å². The summed E-state index contributed by atoms with van der Waals surface area (Å²) in [5, 5.41) is 4.18. The highest BCUT2D eigenvalue weighted by molar-refractivity contribution is 6.32. The zero-order valence-electron chi connectivity index (χ0n) is 10.8. The molecule has 0 aliphatic carbocycles. The van der Waals surface area contributed by atoms with E-state index in [4.69, 9.17) is 27.9 Å². The van der Waals surface area contributed by atoms with Crippen LogP contribution >= 0.6 is 23.2 Å². The van der Waals surface area contributed by atoms with E-state index in [1.807, 2.05) is 13.0 Å². The Hall–Kier alpha value is -1.52. The second-order valence-electron chi connectivity index (χ2n) is 4.01. The minimum absolute atomic E-state index is 0.441. The molecule has 0 saturated carbocycles. The molecule has 0 unspecified atom stereocenters. The van der Waals surface area contributed by atoms with E-state index in [9.17, 15) is 0 Å². The normalized spacial score (nSPS) is 10.4. The Kier molecular flexibility index (Phi) is 4.12. The Morgan fingerprint density at radius 2 is 1.89 bits per heavy atom. The number of aromatic nitrogens is 2. The molecule has 0 bridgehead atoms. The van der Waals surface area contributed by atoms with E-state index < -0.39 is 0 Å². The van der Waals surface area contributed by atoms with Gasteiger partial charge < -0.3 is 10.1 Å². The van der Waals surface area contributed by atoms with Crippen LogP contribution in [0.2, 0.25) is 10.2 Å². The molecule has 0 amide bonds. The summed E-state index contributed by atoms with van der Waals surface area (Å²) in [6, 6.07) is 5.40. The van der Waals surface area contributed by atoms with Crippen LogP contribution in [0.25, 0.3) is 0 Å². The number of halogens is 2. The van der Waals surface area contributed by atoms with Crippen LogP contribution in [0.5, 0.6) is 5.75 Å². The average molecular weight is 298 g/mol. The predicted molar refractivity (Wildman–Crippen MR) is 77.8 cm³/mol. The van der Waals surface area contributed by atoms with E-state index in [2.05, 4.69) is 15.3 Å². The van der Waals surface area contributed by atoms with E-state index in [0.29, 0.717) is 27.6 Å². The van der Waals surface area contributed by atoms with Gasteiger partial charge in [-0.2, -0.15) is 0 Å². The number of anilines is 2. The summed E-state index contributed by atoms with van der Waals surface area (Å²) in [5.74, 6) is 1.88. The zero-order chi connectivity index (χ0) is 14.0. The van der Waals surface area contributed by atoms with Crippen LogP contribution in [-0.2, 0) is 0 Å². The van der Waals surface area contributed by atoms with Gasteiger partial charge in [-0.1, -0.05) is 23.2 Å². The Morgan fingerprint density at radius 1 is 1.16 bits per heavy atom.